The van der Waals surface area contributed by atoms with E-state index in [9.17, 15) is 13.2 Å². The topological polar surface area (TPSA) is 72.5 Å². The Kier molecular flexibility index (Phi) is 6.36. The summed E-state index contributed by atoms with van der Waals surface area (Å²) in [4.78, 5) is 11.5. The Morgan fingerprint density at radius 1 is 1.24 bits per heavy atom. The Morgan fingerprint density at radius 3 is 2.29 bits per heavy atom. The summed E-state index contributed by atoms with van der Waals surface area (Å²) in [5, 5.41) is 0. The van der Waals surface area contributed by atoms with E-state index in [-0.39, 0.29) is 11.4 Å². The fraction of sp³-hybridized carbons (Fsp3) is 0.533. The van der Waals surface area contributed by atoms with Gasteiger partial charge in [-0.3, -0.25) is 4.79 Å². The zero-order chi connectivity index (χ0) is 16.0. The smallest absolute Gasteiger partial charge is 0.309 e. The van der Waals surface area contributed by atoms with Crippen molar-refractivity contribution in [1.82, 2.24) is 4.72 Å². The van der Waals surface area contributed by atoms with Crippen molar-refractivity contribution in [3.05, 3.63) is 29.8 Å². The molecule has 5 nitrogen and oxygen atoms in total. The minimum atomic E-state index is -3.60. The summed E-state index contributed by atoms with van der Waals surface area (Å²) in [7, 11) is -2.33. The lowest BCUT2D eigenvalue weighted by molar-refractivity contribution is -0.144. The second kappa shape index (κ2) is 7.56. The Labute approximate surface area is 126 Å². The molecule has 0 heterocycles. The summed E-state index contributed by atoms with van der Waals surface area (Å²) in [5.74, 6) is -0.567. The lowest BCUT2D eigenvalue weighted by Crippen LogP contribution is -2.32. The maximum absolute atomic E-state index is 12.1. The Bertz CT molecular complexity index is 566. The Morgan fingerprint density at radius 2 is 1.81 bits per heavy atom. The van der Waals surface area contributed by atoms with Gasteiger partial charge in [0.05, 0.1) is 17.9 Å². The van der Waals surface area contributed by atoms with Crippen molar-refractivity contribution in [2.75, 3.05) is 13.7 Å². The van der Waals surface area contributed by atoms with E-state index >= 15 is 0 Å². The third kappa shape index (κ3) is 4.82. The van der Waals surface area contributed by atoms with Gasteiger partial charge in [-0.25, -0.2) is 13.1 Å². The lowest BCUT2D eigenvalue weighted by Gasteiger charge is -2.12. The highest BCUT2D eigenvalue weighted by molar-refractivity contribution is 7.89. The van der Waals surface area contributed by atoms with Crippen molar-refractivity contribution in [2.45, 2.75) is 38.0 Å². The highest BCUT2D eigenvalue weighted by Crippen LogP contribution is 2.20. The summed E-state index contributed by atoms with van der Waals surface area (Å²) in [6, 6.07) is 6.83. The number of hydrogen-bond acceptors (Lipinski definition) is 4. The molecule has 0 bridgehead atoms. The summed E-state index contributed by atoms with van der Waals surface area (Å²) >= 11 is 0. The number of rotatable bonds is 7. The lowest BCUT2D eigenvalue weighted by atomic mass is 9.99. The molecule has 6 heteroatoms. The fourth-order valence-electron chi connectivity index (χ4n) is 1.81. The van der Waals surface area contributed by atoms with Gasteiger partial charge < -0.3 is 4.74 Å². The number of nitrogens with one attached hydrogen (secondary N) is 1. The molecule has 0 fully saturated rings. The normalized spacial score (nSPS) is 14.5. The molecule has 0 saturated carbocycles. The summed E-state index contributed by atoms with van der Waals surface area (Å²) in [6.45, 7) is 5.81. The van der Waals surface area contributed by atoms with Crippen LogP contribution in [0.4, 0.5) is 0 Å². The number of hydrogen-bond donors (Lipinski definition) is 1. The summed E-state index contributed by atoms with van der Waals surface area (Å²) in [5.41, 5.74) is 1.11. The molecule has 0 amide bonds. The monoisotopic (exact) mass is 313 g/mol. The van der Waals surface area contributed by atoms with Crippen LogP contribution in [0.25, 0.3) is 0 Å². The predicted molar refractivity (Wildman–Crippen MR) is 81.5 cm³/mol. The minimum absolute atomic E-state index is 0.0160. The van der Waals surface area contributed by atoms with Gasteiger partial charge in [-0.2, -0.15) is 0 Å². The summed E-state index contributed by atoms with van der Waals surface area (Å²) in [6.07, 6.45) is 1.00. The maximum atomic E-state index is 12.1. The number of esters is 1. The molecule has 1 aromatic rings. The molecular formula is C15H23NO4S. The highest BCUT2D eigenvalue weighted by Gasteiger charge is 2.19. The first kappa shape index (κ1) is 17.7. The van der Waals surface area contributed by atoms with Crippen LogP contribution in [-0.2, 0) is 19.6 Å². The number of ether oxygens (including phenoxy) is 1. The van der Waals surface area contributed by atoms with Crippen LogP contribution in [0.3, 0.4) is 0 Å². The van der Waals surface area contributed by atoms with Gasteiger partial charge in [-0.15, -0.1) is 0 Å². The van der Waals surface area contributed by atoms with Gasteiger partial charge in [0.2, 0.25) is 10.0 Å². The van der Waals surface area contributed by atoms with Crippen molar-refractivity contribution < 1.29 is 17.9 Å². The molecule has 0 spiro atoms. The zero-order valence-corrected chi connectivity index (χ0v) is 13.7. The number of carbonyl (C=O) groups is 1. The van der Waals surface area contributed by atoms with Gasteiger partial charge in [-0.1, -0.05) is 32.9 Å². The van der Waals surface area contributed by atoms with Crippen LogP contribution in [0, 0.1) is 5.92 Å². The van der Waals surface area contributed by atoms with Gasteiger partial charge in [0, 0.05) is 6.54 Å². The van der Waals surface area contributed by atoms with Crippen LogP contribution in [0.5, 0.6) is 0 Å². The largest absolute Gasteiger partial charge is 0.469 e. The zero-order valence-electron chi connectivity index (χ0n) is 12.9. The van der Waals surface area contributed by atoms with E-state index in [1.165, 1.54) is 7.11 Å². The Balaban J connectivity index is 2.77. The first-order valence-corrected chi connectivity index (χ1v) is 8.47. The van der Waals surface area contributed by atoms with E-state index in [2.05, 4.69) is 23.3 Å². The van der Waals surface area contributed by atoms with Crippen molar-refractivity contribution in [3.63, 3.8) is 0 Å². The molecule has 0 aliphatic carbocycles. The minimum Gasteiger partial charge on any atom is -0.469 e. The predicted octanol–water partition coefficient (Wildman–Crippen LogP) is 2.29. The molecule has 0 unspecified atom stereocenters. The SMILES string of the molecule is CC[C@H](C)c1ccc(S(=O)(=O)NC[C@H](C)C(=O)OC)cc1. The van der Waals surface area contributed by atoms with Crippen LogP contribution in [0.15, 0.2) is 29.2 Å². The average molecular weight is 313 g/mol. The molecular weight excluding hydrogens is 290 g/mol. The van der Waals surface area contributed by atoms with Crippen molar-refractivity contribution >= 4 is 16.0 Å². The van der Waals surface area contributed by atoms with Crippen molar-refractivity contribution in [2.24, 2.45) is 5.92 Å². The van der Waals surface area contributed by atoms with Gasteiger partial charge in [-0.05, 0) is 30.0 Å². The third-order valence-corrected chi connectivity index (χ3v) is 4.99. The van der Waals surface area contributed by atoms with E-state index in [0.717, 1.165) is 12.0 Å². The van der Waals surface area contributed by atoms with E-state index in [4.69, 9.17) is 0 Å². The second-order valence-corrected chi connectivity index (χ2v) is 6.92. The maximum Gasteiger partial charge on any atom is 0.309 e. The van der Waals surface area contributed by atoms with E-state index in [0.29, 0.717) is 5.92 Å². The van der Waals surface area contributed by atoms with E-state index in [1.807, 2.05) is 12.1 Å². The number of methoxy groups -OCH3 is 1. The standard InChI is InChI=1S/C15H23NO4S/c1-5-11(2)13-6-8-14(9-7-13)21(18,19)16-10-12(3)15(17)20-4/h6-9,11-12,16H,5,10H2,1-4H3/t11-,12-/m0/s1. The van der Waals surface area contributed by atoms with Crippen LogP contribution in [0.2, 0.25) is 0 Å². The molecule has 0 radical (unpaired) electrons. The van der Waals surface area contributed by atoms with Gasteiger partial charge in [0.15, 0.2) is 0 Å². The molecule has 1 N–H and O–H groups in total. The van der Waals surface area contributed by atoms with Crippen LogP contribution < -0.4 is 4.72 Å². The quantitative estimate of drug-likeness (QED) is 0.784. The molecule has 1 aromatic carbocycles. The van der Waals surface area contributed by atoms with Gasteiger partial charge >= 0.3 is 5.97 Å². The average Bonchev–Trinajstić information content (AvgIpc) is 2.51. The van der Waals surface area contributed by atoms with Crippen LogP contribution >= 0.6 is 0 Å². The first-order valence-electron chi connectivity index (χ1n) is 6.99. The van der Waals surface area contributed by atoms with E-state index in [1.54, 1.807) is 19.1 Å². The highest BCUT2D eigenvalue weighted by atomic mass is 32.2. The van der Waals surface area contributed by atoms with Crippen LogP contribution in [-0.4, -0.2) is 28.0 Å². The Hall–Kier alpha value is -1.40. The molecule has 0 aliphatic rings. The van der Waals surface area contributed by atoms with Crippen molar-refractivity contribution in [3.8, 4) is 0 Å². The van der Waals surface area contributed by atoms with E-state index < -0.39 is 21.9 Å². The molecule has 2 atom stereocenters. The molecule has 0 saturated heterocycles. The third-order valence-electron chi connectivity index (χ3n) is 3.55. The number of sulfonamides is 1. The second-order valence-electron chi connectivity index (χ2n) is 5.15. The van der Waals surface area contributed by atoms with Gasteiger partial charge in [0.1, 0.15) is 0 Å². The summed E-state index contributed by atoms with van der Waals surface area (Å²) < 4.78 is 31.3. The molecule has 118 valence electrons. The molecule has 1 rings (SSSR count). The van der Waals surface area contributed by atoms with Crippen molar-refractivity contribution in [1.29, 1.82) is 0 Å². The van der Waals surface area contributed by atoms with Gasteiger partial charge in [0.25, 0.3) is 0 Å². The molecule has 0 aliphatic heterocycles. The molecule has 21 heavy (non-hydrogen) atoms. The molecule has 0 aromatic heterocycles. The number of benzene rings is 1. The fourth-order valence-corrected chi connectivity index (χ4v) is 2.94. The first-order chi connectivity index (χ1) is 9.81. The number of carbonyl (C=O) groups excluding carboxylic acids is 1. The van der Waals surface area contributed by atoms with Crippen LogP contribution in [0.1, 0.15) is 38.7 Å².